The lowest BCUT2D eigenvalue weighted by Gasteiger charge is -2.32. The summed E-state index contributed by atoms with van der Waals surface area (Å²) >= 11 is 0.591. The molecule has 1 aliphatic heterocycles. The second kappa shape index (κ2) is 5.96. The zero-order valence-corrected chi connectivity index (χ0v) is 11.5. The Kier molecular flexibility index (Phi) is 4.48. The van der Waals surface area contributed by atoms with E-state index in [1.165, 1.54) is 7.11 Å². The van der Waals surface area contributed by atoms with E-state index in [-0.39, 0.29) is 11.6 Å². The molecule has 0 amide bonds. The Morgan fingerprint density at radius 2 is 2.40 bits per heavy atom. The SMILES string of the molecule is COC(=O)C[C@H]1CN(c2ncc(C(F)(F)F)s2)CCO1. The molecule has 0 N–H and O–H groups in total. The molecule has 0 aromatic carbocycles. The van der Waals surface area contributed by atoms with Gasteiger partial charge in [-0.05, 0) is 0 Å². The molecule has 1 aromatic rings. The Bertz CT molecular complexity index is 478. The fraction of sp³-hybridized carbons (Fsp3) is 0.636. The lowest BCUT2D eigenvalue weighted by atomic mass is 10.2. The third-order valence-corrected chi connectivity index (χ3v) is 3.91. The number of methoxy groups -OCH3 is 1. The van der Waals surface area contributed by atoms with E-state index in [4.69, 9.17) is 4.74 Å². The molecule has 112 valence electrons. The number of rotatable bonds is 3. The van der Waals surface area contributed by atoms with E-state index < -0.39 is 23.1 Å². The summed E-state index contributed by atoms with van der Waals surface area (Å²) < 4.78 is 47.5. The molecule has 2 heterocycles. The van der Waals surface area contributed by atoms with Crippen molar-refractivity contribution in [3.8, 4) is 0 Å². The van der Waals surface area contributed by atoms with Crippen LogP contribution >= 0.6 is 11.3 Å². The van der Waals surface area contributed by atoms with Crippen LogP contribution in [0, 0.1) is 0 Å². The average molecular weight is 310 g/mol. The van der Waals surface area contributed by atoms with Crippen molar-refractivity contribution in [3.05, 3.63) is 11.1 Å². The minimum absolute atomic E-state index is 0.0739. The normalized spacial score (nSPS) is 20.0. The van der Waals surface area contributed by atoms with Gasteiger partial charge in [-0.15, -0.1) is 0 Å². The molecule has 9 heteroatoms. The van der Waals surface area contributed by atoms with E-state index in [9.17, 15) is 18.0 Å². The number of carbonyl (C=O) groups is 1. The monoisotopic (exact) mass is 310 g/mol. The lowest BCUT2D eigenvalue weighted by molar-refractivity contribution is -0.144. The van der Waals surface area contributed by atoms with Crippen molar-refractivity contribution in [2.45, 2.75) is 18.7 Å². The predicted molar refractivity (Wildman–Crippen MR) is 65.7 cm³/mol. The lowest BCUT2D eigenvalue weighted by Crippen LogP contribution is -2.43. The molecule has 0 saturated carbocycles. The highest BCUT2D eigenvalue weighted by atomic mass is 32.1. The molecule has 2 rings (SSSR count). The van der Waals surface area contributed by atoms with E-state index in [2.05, 4.69) is 9.72 Å². The van der Waals surface area contributed by atoms with Gasteiger partial charge in [-0.1, -0.05) is 11.3 Å². The van der Waals surface area contributed by atoms with Gasteiger partial charge in [0.25, 0.3) is 0 Å². The molecule has 1 saturated heterocycles. The molecule has 0 unspecified atom stereocenters. The molecule has 1 aliphatic rings. The van der Waals surface area contributed by atoms with Gasteiger partial charge in [-0.25, -0.2) is 4.98 Å². The highest BCUT2D eigenvalue weighted by Crippen LogP contribution is 2.36. The quantitative estimate of drug-likeness (QED) is 0.799. The molecule has 5 nitrogen and oxygen atoms in total. The van der Waals surface area contributed by atoms with Gasteiger partial charge in [0.15, 0.2) is 5.13 Å². The number of hydrogen-bond acceptors (Lipinski definition) is 6. The molecule has 1 fully saturated rings. The van der Waals surface area contributed by atoms with Crippen LogP contribution in [0.1, 0.15) is 11.3 Å². The zero-order chi connectivity index (χ0) is 14.8. The largest absolute Gasteiger partial charge is 0.469 e. The fourth-order valence-electron chi connectivity index (χ4n) is 1.83. The first-order chi connectivity index (χ1) is 9.40. The standard InChI is InChI=1S/C11H13F3N2O3S/c1-18-9(17)4-7-6-16(2-3-19-7)10-15-5-8(20-10)11(12,13)14/h5,7H,2-4,6H2,1H3/t7-/m0/s1. The molecular formula is C11H13F3N2O3S. The van der Waals surface area contributed by atoms with Gasteiger partial charge in [0.2, 0.25) is 0 Å². The number of alkyl halides is 3. The highest BCUT2D eigenvalue weighted by Gasteiger charge is 2.34. The first kappa shape index (κ1) is 15.0. The molecule has 1 atom stereocenters. The summed E-state index contributed by atoms with van der Waals surface area (Å²) in [6.07, 6.45) is -3.88. The Labute approximate surface area is 117 Å². The Balaban J connectivity index is 2.02. The van der Waals surface area contributed by atoms with Gasteiger partial charge in [-0.3, -0.25) is 4.79 Å². The first-order valence-corrected chi connectivity index (χ1v) is 6.68. The summed E-state index contributed by atoms with van der Waals surface area (Å²) in [6, 6.07) is 0. The van der Waals surface area contributed by atoms with Crippen LogP contribution in [0.2, 0.25) is 0 Å². The number of anilines is 1. The number of morpholine rings is 1. The van der Waals surface area contributed by atoms with E-state index >= 15 is 0 Å². The van der Waals surface area contributed by atoms with Crippen LogP contribution in [0.5, 0.6) is 0 Å². The van der Waals surface area contributed by atoms with Crippen molar-refractivity contribution < 1.29 is 27.4 Å². The third kappa shape index (κ3) is 3.60. The van der Waals surface area contributed by atoms with E-state index in [1.54, 1.807) is 4.90 Å². The minimum Gasteiger partial charge on any atom is -0.469 e. The molecule has 0 spiro atoms. The van der Waals surface area contributed by atoms with Crippen molar-refractivity contribution in [3.63, 3.8) is 0 Å². The van der Waals surface area contributed by atoms with Gasteiger partial charge in [0.1, 0.15) is 4.88 Å². The maximum absolute atomic E-state index is 12.5. The van der Waals surface area contributed by atoms with Gasteiger partial charge >= 0.3 is 12.1 Å². The summed E-state index contributed by atoms with van der Waals surface area (Å²) in [5, 5.41) is 0.287. The fourth-order valence-corrected chi connectivity index (χ4v) is 2.65. The molecule has 20 heavy (non-hydrogen) atoms. The number of ether oxygens (including phenoxy) is 2. The topological polar surface area (TPSA) is 51.7 Å². The van der Waals surface area contributed by atoms with Crippen LogP contribution in [-0.2, 0) is 20.4 Å². The number of nitrogens with zero attached hydrogens (tertiary/aromatic N) is 2. The number of aromatic nitrogens is 1. The number of thiazole rings is 1. The number of hydrogen-bond donors (Lipinski definition) is 0. The van der Waals surface area contributed by atoms with E-state index in [1.807, 2.05) is 0 Å². The van der Waals surface area contributed by atoms with Crippen molar-refractivity contribution in [1.82, 2.24) is 4.98 Å². The first-order valence-electron chi connectivity index (χ1n) is 5.86. The van der Waals surface area contributed by atoms with Crippen LogP contribution in [0.25, 0.3) is 0 Å². The van der Waals surface area contributed by atoms with E-state index in [0.717, 1.165) is 6.20 Å². The highest BCUT2D eigenvalue weighted by molar-refractivity contribution is 7.15. The molecule has 0 aliphatic carbocycles. The Hall–Kier alpha value is -1.35. The summed E-state index contributed by atoms with van der Waals surface area (Å²) in [5.74, 6) is -0.410. The van der Waals surface area contributed by atoms with Crippen molar-refractivity contribution in [2.24, 2.45) is 0 Å². The van der Waals surface area contributed by atoms with Gasteiger partial charge in [-0.2, -0.15) is 13.2 Å². The summed E-state index contributed by atoms with van der Waals surface area (Å²) in [6.45, 7) is 1.10. The second-order valence-corrected chi connectivity index (χ2v) is 5.23. The van der Waals surface area contributed by atoms with E-state index in [0.29, 0.717) is 31.0 Å². The third-order valence-electron chi connectivity index (χ3n) is 2.80. The molecule has 0 bridgehead atoms. The van der Waals surface area contributed by atoms with Crippen LogP contribution < -0.4 is 4.90 Å². The summed E-state index contributed by atoms with van der Waals surface area (Å²) in [5.41, 5.74) is 0. The Morgan fingerprint density at radius 3 is 3.00 bits per heavy atom. The van der Waals surface area contributed by atoms with Gasteiger partial charge < -0.3 is 14.4 Å². The maximum atomic E-state index is 12.5. The van der Waals surface area contributed by atoms with Gasteiger partial charge in [0, 0.05) is 13.1 Å². The van der Waals surface area contributed by atoms with Crippen LogP contribution in [0.15, 0.2) is 6.20 Å². The van der Waals surface area contributed by atoms with Crippen molar-refractivity contribution in [1.29, 1.82) is 0 Å². The Morgan fingerprint density at radius 1 is 1.65 bits per heavy atom. The van der Waals surface area contributed by atoms with Gasteiger partial charge in [0.05, 0.1) is 32.4 Å². The smallest absolute Gasteiger partial charge is 0.427 e. The summed E-state index contributed by atoms with van der Waals surface area (Å²) in [4.78, 5) is 15.9. The van der Waals surface area contributed by atoms with Crippen LogP contribution in [-0.4, -0.2) is 43.9 Å². The molecule has 0 radical (unpaired) electrons. The number of carbonyl (C=O) groups excluding carboxylic acids is 1. The average Bonchev–Trinajstić information content (AvgIpc) is 2.88. The second-order valence-electron chi connectivity index (χ2n) is 4.22. The summed E-state index contributed by atoms with van der Waals surface area (Å²) in [7, 11) is 1.28. The molecule has 1 aromatic heterocycles. The minimum atomic E-state index is -4.38. The van der Waals surface area contributed by atoms with Crippen LogP contribution in [0.3, 0.4) is 0 Å². The maximum Gasteiger partial charge on any atom is 0.427 e. The van der Waals surface area contributed by atoms with Crippen molar-refractivity contribution in [2.75, 3.05) is 31.7 Å². The van der Waals surface area contributed by atoms with Crippen molar-refractivity contribution >= 4 is 22.4 Å². The number of esters is 1. The molecular weight excluding hydrogens is 297 g/mol. The zero-order valence-electron chi connectivity index (χ0n) is 10.6. The number of halogens is 3. The van der Waals surface area contributed by atoms with Crippen LogP contribution in [0.4, 0.5) is 18.3 Å². The predicted octanol–water partition coefficient (Wildman–Crippen LogP) is 1.93.